The number of aliphatic hydroxyl groups is 1. The van der Waals surface area contributed by atoms with E-state index < -0.39 is 11.7 Å². The van der Waals surface area contributed by atoms with Crippen molar-refractivity contribution in [3.8, 4) is 0 Å². The zero-order chi connectivity index (χ0) is 30.1. The molecule has 6 rings (SSSR count). The molecule has 3 aromatic carbocycles. The van der Waals surface area contributed by atoms with E-state index >= 15 is 0 Å². The lowest BCUT2D eigenvalue weighted by molar-refractivity contribution is 0.0574. The normalized spacial score (nSPS) is 14.5. The molecule has 0 fully saturated rings. The van der Waals surface area contributed by atoms with E-state index in [-0.39, 0.29) is 34.7 Å². The highest BCUT2D eigenvalue weighted by atomic mass is 32.2. The molecule has 0 atom stereocenters. The van der Waals surface area contributed by atoms with Crippen LogP contribution in [0, 0.1) is 0 Å². The number of allylic oxidation sites excluding steroid dienone is 1. The van der Waals surface area contributed by atoms with Crippen LogP contribution in [0.4, 0.5) is 5.69 Å². The second-order valence-electron chi connectivity index (χ2n) is 10.0. The Bertz CT molecular complexity index is 1790. The Hall–Kier alpha value is -4.41. The molecule has 0 saturated carbocycles. The zero-order valence-electron chi connectivity index (χ0n) is 23.4. The number of carbonyl (C=O) groups is 3. The van der Waals surface area contributed by atoms with Crippen molar-refractivity contribution in [1.29, 1.82) is 0 Å². The van der Waals surface area contributed by atoms with Crippen LogP contribution < -0.4 is 0 Å². The van der Waals surface area contributed by atoms with Gasteiger partial charge in [0.1, 0.15) is 0 Å². The lowest BCUT2D eigenvalue weighted by Crippen LogP contribution is -2.39. The van der Waals surface area contributed by atoms with Gasteiger partial charge in [0.2, 0.25) is 5.78 Å². The molecule has 2 heterocycles. The van der Waals surface area contributed by atoms with Gasteiger partial charge in [0, 0.05) is 32.7 Å². The summed E-state index contributed by atoms with van der Waals surface area (Å²) in [6.45, 7) is 3.89. The van der Waals surface area contributed by atoms with Crippen LogP contribution in [0.1, 0.15) is 68.9 Å². The number of ketones is 1. The van der Waals surface area contributed by atoms with E-state index in [0.29, 0.717) is 45.3 Å². The Morgan fingerprint density at radius 1 is 0.860 bits per heavy atom. The number of hydrogen-bond donors (Lipinski definition) is 1. The minimum atomic E-state index is -0.481. The first-order valence-corrected chi connectivity index (χ1v) is 15.7. The van der Waals surface area contributed by atoms with Gasteiger partial charge >= 0.3 is 0 Å². The van der Waals surface area contributed by atoms with Crippen molar-refractivity contribution in [1.82, 2.24) is 4.90 Å². The van der Waals surface area contributed by atoms with E-state index in [1.165, 1.54) is 28.4 Å². The summed E-state index contributed by atoms with van der Waals surface area (Å²) < 4.78 is 5.38. The highest BCUT2D eigenvalue weighted by Crippen LogP contribution is 2.42. The smallest absolute Gasteiger partial charge is 0.264 e. The standard InChI is InChI=1S/C33H27N3O5S2/c1-3-20(4-2)36-32(39)27-24(14-15-25(28(27)33(36)40)42-18-19-9-6-5-7-10-19)34-35-29-30(37)22-13-12-21(17-23(22)31(29)38)43-26-11-8-16-41-26/h5-17,20,37H,3-4,18H2,1-2H3. The largest absolute Gasteiger partial charge is 0.505 e. The number of carbonyl (C=O) groups excluding carboxylic acids is 3. The van der Waals surface area contributed by atoms with Crippen LogP contribution in [0.3, 0.4) is 0 Å². The van der Waals surface area contributed by atoms with Gasteiger partial charge < -0.3 is 9.52 Å². The summed E-state index contributed by atoms with van der Waals surface area (Å²) >= 11 is 2.83. The highest BCUT2D eigenvalue weighted by molar-refractivity contribution is 7.99. The summed E-state index contributed by atoms with van der Waals surface area (Å²) in [7, 11) is 0. The summed E-state index contributed by atoms with van der Waals surface area (Å²) in [5.41, 5.74) is 2.15. The Morgan fingerprint density at radius 3 is 2.35 bits per heavy atom. The zero-order valence-corrected chi connectivity index (χ0v) is 25.1. The van der Waals surface area contributed by atoms with Gasteiger partial charge in [-0.15, -0.1) is 22.0 Å². The number of nitrogens with zero attached hydrogens (tertiary/aromatic N) is 3. The van der Waals surface area contributed by atoms with Crippen molar-refractivity contribution in [2.45, 2.75) is 53.4 Å². The molecule has 4 aromatic rings. The average Bonchev–Trinajstić information content (AvgIpc) is 3.70. The lowest BCUT2D eigenvalue weighted by atomic mass is 10.1. The topological polar surface area (TPSA) is 113 Å². The third-order valence-corrected chi connectivity index (χ3v) is 9.51. The van der Waals surface area contributed by atoms with Crippen molar-refractivity contribution in [3.05, 3.63) is 113 Å². The average molecular weight is 610 g/mol. The first-order valence-electron chi connectivity index (χ1n) is 13.9. The maximum absolute atomic E-state index is 13.7. The van der Waals surface area contributed by atoms with Crippen LogP contribution in [-0.4, -0.2) is 33.6 Å². The molecule has 1 aliphatic heterocycles. The molecule has 0 unspecified atom stereocenters. The van der Waals surface area contributed by atoms with E-state index in [1.54, 1.807) is 42.7 Å². The number of amides is 2. The van der Waals surface area contributed by atoms with E-state index in [1.807, 2.05) is 50.2 Å². The Kier molecular flexibility index (Phi) is 8.05. The number of thioether (sulfide) groups is 1. The molecule has 0 spiro atoms. The van der Waals surface area contributed by atoms with Gasteiger partial charge in [0.25, 0.3) is 11.8 Å². The molecule has 8 nitrogen and oxygen atoms in total. The fourth-order valence-electron chi connectivity index (χ4n) is 5.24. The lowest BCUT2D eigenvalue weighted by Gasteiger charge is -2.23. The Labute approximate surface area is 256 Å². The molecule has 1 aliphatic carbocycles. The Balaban J connectivity index is 1.33. The van der Waals surface area contributed by atoms with Crippen LogP contribution in [-0.2, 0) is 5.75 Å². The monoisotopic (exact) mass is 609 g/mol. The minimum Gasteiger partial charge on any atom is -0.505 e. The van der Waals surface area contributed by atoms with E-state index in [0.717, 1.165) is 10.5 Å². The molecule has 2 amide bonds. The van der Waals surface area contributed by atoms with Gasteiger partial charge in [-0.2, -0.15) is 0 Å². The predicted molar refractivity (Wildman–Crippen MR) is 165 cm³/mol. The van der Waals surface area contributed by atoms with Crippen LogP contribution in [0.5, 0.6) is 0 Å². The van der Waals surface area contributed by atoms with Crippen LogP contribution in [0.25, 0.3) is 5.76 Å². The van der Waals surface area contributed by atoms with Crippen molar-refractivity contribution in [2.75, 3.05) is 0 Å². The molecule has 216 valence electrons. The Morgan fingerprint density at radius 2 is 1.63 bits per heavy atom. The summed E-state index contributed by atoms with van der Waals surface area (Å²) in [5.74, 6) is -0.927. The van der Waals surface area contributed by atoms with Crippen molar-refractivity contribution < 1.29 is 23.9 Å². The fourth-order valence-corrected chi connectivity index (χ4v) is 7.05. The first kappa shape index (κ1) is 28.7. The maximum Gasteiger partial charge on any atom is 0.264 e. The molecule has 0 saturated heterocycles. The molecular formula is C33H27N3O5S2. The SMILES string of the molecule is CCC(CC)N1C(=O)c2c(N=NC3=C(O)c4ccc(Sc5ccco5)cc4C3=O)ccc(SCc3ccccc3)c2C1=O. The molecule has 10 heteroatoms. The number of azo groups is 1. The third-order valence-electron chi connectivity index (χ3n) is 7.46. The van der Waals surface area contributed by atoms with E-state index in [9.17, 15) is 19.5 Å². The van der Waals surface area contributed by atoms with Crippen molar-refractivity contribution in [2.24, 2.45) is 10.2 Å². The molecule has 0 radical (unpaired) electrons. The molecular weight excluding hydrogens is 583 g/mol. The molecule has 0 bridgehead atoms. The third kappa shape index (κ3) is 5.32. The van der Waals surface area contributed by atoms with Gasteiger partial charge in [-0.25, -0.2) is 0 Å². The second-order valence-corrected chi connectivity index (χ2v) is 12.1. The summed E-state index contributed by atoms with van der Waals surface area (Å²) in [6, 6.07) is 21.7. The van der Waals surface area contributed by atoms with Gasteiger partial charge in [0.05, 0.1) is 23.1 Å². The minimum absolute atomic E-state index is 0.166. The quantitative estimate of drug-likeness (QED) is 0.109. The summed E-state index contributed by atoms with van der Waals surface area (Å²) in [6.07, 6.45) is 2.82. The van der Waals surface area contributed by atoms with Gasteiger partial charge in [0.15, 0.2) is 16.5 Å². The molecule has 1 aromatic heterocycles. The number of hydrogen-bond acceptors (Lipinski definition) is 9. The second kappa shape index (κ2) is 12.1. The number of furan rings is 1. The van der Waals surface area contributed by atoms with Crippen molar-refractivity contribution in [3.63, 3.8) is 0 Å². The number of benzene rings is 3. The predicted octanol–water partition coefficient (Wildman–Crippen LogP) is 8.71. The van der Waals surface area contributed by atoms with Gasteiger partial charge in [-0.05, 0) is 60.9 Å². The van der Waals surface area contributed by atoms with Crippen molar-refractivity contribution >= 4 is 52.6 Å². The molecule has 2 aliphatic rings. The number of rotatable bonds is 10. The summed E-state index contributed by atoms with van der Waals surface area (Å²) in [5, 5.41) is 20.0. The number of aliphatic hydroxyl groups excluding tert-OH is 1. The van der Waals surface area contributed by atoms with Crippen LogP contribution in [0.2, 0.25) is 0 Å². The summed E-state index contributed by atoms with van der Waals surface area (Å²) in [4.78, 5) is 43.5. The first-order chi connectivity index (χ1) is 20.9. The molecule has 1 N–H and O–H groups in total. The van der Waals surface area contributed by atoms with E-state index in [4.69, 9.17) is 4.42 Å². The maximum atomic E-state index is 13.7. The van der Waals surface area contributed by atoms with Crippen LogP contribution in [0.15, 0.2) is 114 Å². The van der Waals surface area contributed by atoms with Gasteiger partial charge in [-0.1, -0.05) is 55.9 Å². The number of imide groups is 1. The van der Waals surface area contributed by atoms with Gasteiger partial charge in [-0.3, -0.25) is 19.3 Å². The number of fused-ring (bicyclic) bond motifs is 2. The fraction of sp³-hybridized carbons (Fsp3) is 0.182. The number of Topliss-reactive ketones (excluding diaryl/α,β-unsaturated/α-hetero) is 1. The van der Waals surface area contributed by atoms with E-state index in [2.05, 4.69) is 10.2 Å². The molecule has 43 heavy (non-hydrogen) atoms. The van der Waals surface area contributed by atoms with Crippen LogP contribution >= 0.6 is 23.5 Å². The highest BCUT2D eigenvalue weighted by Gasteiger charge is 2.42.